The van der Waals surface area contributed by atoms with Gasteiger partial charge in [-0.15, -0.1) is 0 Å². The van der Waals surface area contributed by atoms with Crippen molar-refractivity contribution in [1.82, 2.24) is 10.4 Å². The molecule has 2 amide bonds. The van der Waals surface area contributed by atoms with Gasteiger partial charge in [-0.2, -0.15) is 0 Å². The Bertz CT molecular complexity index is 515. The van der Waals surface area contributed by atoms with Gasteiger partial charge < -0.3 is 5.73 Å². The summed E-state index contributed by atoms with van der Waals surface area (Å²) in [4.78, 5) is 24.7. The summed E-state index contributed by atoms with van der Waals surface area (Å²) < 4.78 is 0. The average molecular weight is 333 g/mol. The predicted molar refractivity (Wildman–Crippen MR) is 96.9 cm³/mol. The van der Waals surface area contributed by atoms with Gasteiger partial charge in [0.1, 0.15) is 0 Å². The van der Waals surface area contributed by atoms with Crippen molar-refractivity contribution in [3.8, 4) is 0 Å². The van der Waals surface area contributed by atoms with Crippen molar-refractivity contribution >= 4 is 11.8 Å². The second-order valence-electron chi connectivity index (χ2n) is 7.11. The van der Waals surface area contributed by atoms with E-state index in [2.05, 4.69) is 19.3 Å². The maximum atomic E-state index is 12.6. The maximum Gasteiger partial charge on any atom is 0.258 e. The molecule has 3 N–H and O–H groups in total. The van der Waals surface area contributed by atoms with Gasteiger partial charge in [0, 0.05) is 13.0 Å². The van der Waals surface area contributed by atoms with Crippen LogP contribution in [-0.2, 0) is 16.0 Å². The third-order valence-corrected chi connectivity index (χ3v) is 3.64. The molecule has 0 saturated carbocycles. The Morgan fingerprint density at radius 2 is 1.71 bits per heavy atom. The van der Waals surface area contributed by atoms with Crippen molar-refractivity contribution in [3.05, 3.63) is 35.9 Å². The van der Waals surface area contributed by atoms with Crippen LogP contribution in [-0.4, -0.2) is 29.4 Å². The first kappa shape index (κ1) is 20.2. The van der Waals surface area contributed by atoms with Crippen molar-refractivity contribution in [3.63, 3.8) is 0 Å². The van der Waals surface area contributed by atoms with E-state index in [0.29, 0.717) is 25.3 Å². The second-order valence-corrected chi connectivity index (χ2v) is 7.11. The van der Waals surface area contributed by atoms with E-state index in [4.69, 9.17) is 5.73 Å². The van der Waals surface area contributed by atoms with Gasteiger partial charge in [-0.05, 0) is 30.2 Å². The molecule has 0 fully saturated rings. The van der Waals surface area contributed by atoms with Gasteiger partial charge in [-0.25, -0.2) is 0 Å². The summed E-state index contributed by atoms with van der Waals surface area (Å²) in [6.07, 6.45) is 1.66. The lowest BCUT2D eigenvalue weighted by atomic mass is 10.1. The highest BCUT2D eigenvalue weighted by Gasteiger charge is 2.23. The molecule has 0 radical (unpaired) electrons. The van der Waals surface area contributed by atoms with Crippen LogP contribution >= 0.6 is 0 Å². The Labute approximate surface area is 145 Å². The molecule has 0 spiro atoms. The van der Waals surface area contributed by atoms with E-state index in [1.807, 2.05) is 44.2 Å². The molecule has 1 aromatic carbocycles. The van der Waals surface area contributed by atoms with Gasteiger partial charge >= 0.3 is 0 Å². The third kappa shape index (κ3) is 7.59. The number of hydrazine groups is 1. The van der Waals surface area contributed by atoms with Gasteiger partial charge in [0.05, 0.1) is 6.04 Å². The fourth-order valence-electron chi connectivity index (χ4n) is 2.34. The summed E-state index contributed by atoms with van der Waals surface area (Å²) in [5.74, 6) is 0.309. The normalized spacial score (nSPS) is 12.3. The summed E-state index contributed by atoms with van der Waals surface area (Å²) in [6, 6.07) is 8.99. The molecular weight excluding hydrogens is 302 g/mol. The number of amides is 2. The second kappa shape index (κ2) is 10.1. The van der Waals surface area contributed by atoms with Crippen LogP contribution in [0.5, 0.6) is 0 Å². The topological polar surface area (TPSA) is 75.4 Å². The molecule has 1 rings (SSSR count). The maximum absolute atomic E-state index is 12.6. The quantitative estimate of drug-likeness (QED) is 0.718. The molecule has 1 atom stereocenters. The first-order valence-electron chi connectivity index (χ1n) is 8.70. The Balaban J connectivity index is 2.67. The number of nitrogens with two attached hydrogens (primary N) is 1. The number of rotatable bonds is 8. The zero-order valence-corrected chi connectivity index (χ0v) is 15.3. The number of hydrogen-bond donors (Lipinski definition) is 2. The summed E-state index contributed by atoms with van der Waals surface area (Å²) in [6.45, 7) is 8.60. The zero-order valence-electron chi connectivity index (χ0n) is 15.3. The van der Waals surface area contributed by atoms with Crippen LogP contribution in [0.2, 0.25) is 0 Å². The van der Waals surface area contributed by atoms with Crippen LogP contribution in [0.3, 0.4) is 0 Å². The molecule has 0 saturated heterocycles. The number of carbonyl (C=O) groups excluding carboxylic acids is 2. The number of benzene rings is 1. The minimum absolute atomic E-state index is 0.135. The molecule has 0 heterocycles. The van der Waals surface area contributed by atoms with Crippen molar-refractivity contribution in [2.24, 2.45) is 17.6 Å². The number of nitrogens with zero attached hydrogens (tertiary/aromatic N) is 1. The van der Waals surface area contributed by atoms with E-state index in [1.165, 1.54) is 5.01 Å². The van der Waals surface area contributed by atoms with Crippen LogP contribution < -0.4 is 11.2 Å². The van der Waals surface area contributed by atoms with E-state index in [-0.39, 0.29) is 17.7 Å². The minimum Gasteiger partial charge on any atom is -0.320 e. The van der Waals surface area contributed by atoms with Gasteiger partial charge in [-0.3, -0.25) is 20.0 Å². The summed E-state index contributed by atoms with van der Waals surface area (Å²) in [5, 5.41) is 1.39. The molecule has 5 heteroatoms. The van der Waals surface area contributed by atoms with Gasteiger partial charge in [0.15, 0.2) is 0 Å². The van der Waals surface area contributed by atoms with E-state index >= 15 is 0 Å². The van der Waals surface area contributed by atoms with Gasteiger partial charge in [0.2, 0.25) is 5.91 Å². The first-order valence-corrected chi connectivity index (χ1v) is 8.70. The Morgan fingerprint density at radius 1 is 1.08 bits per heavy atom. The largest absolute Gasteiger partial charge is 0.320 e. The fourth-order valence-corrected chi connectivity index (χ4v) is 2.34. The molecule has 0 aliphatic heterocycles. The Hall–Kier alpha value is -1.88. The molecule has 5 nitrogen and oxygen atoms in total. The molecule has 0 unspecified atom stereocenters. The molecule has 134 valence electrons. The first-order chi connectivity index (χ1) is 11.3. The monoisotopic (exact) mass is 333 g/mol. The Kier molecular flexibility index (Phi) is 8.47. The number of nitrogens with one attached hydrogen (secondary N) is 1. The lowest BCUT2D eigenvalue weighted by Crippen LogP contribution is -2.54. The fraction of sp³-hybridized carbons (Fsp3) is 0.579. The van der Waals surface area contributed by atoms with Gasteiger partial charge in [0.25, 0.3) is 5.91 Å². The van der Waals surface area contributed by atoms with E-state index in [0.717, 1.165) is 12.0 Å². The standard InChI is InChI=1S/C19H31N3O2/c1-14(2)10-11-18(23)21-22(13-15(3)4)19(24)17(20)12-16-8-6-5-7-9-16/h5-9,14-15,17H,10-13,20H2,1-4H3,(H,21,23)/t17-/m1/s1. The highest BCUT2D eigenvalue weighted by atomic mass is 16.2. The third-order valence-electron chi connectivity index (χ3n) is 3.64. The summed E-state index contributed by atoms with van der Waals surface area (Å²) >= 11 is 0. The van der Waals surface area contributed by atoms with Gasteiger partial charge in [-0.1, -0.05) is 58.0 Å². The molecule has 1 aromatic rings. The van der Waals surface area contributed by atoms with Crippen LogP contribution in [0.4, 0.5) is 0 Å². The Morgan fingerprint density at radius 3 is 2.25 bits per heavy atom. The van der Waals surface area contributed by atoms with Crippen LogP contribution in [0, 0.1) is 11.8 Å². The molecule has 24 heavy (non-hydrogen) atoms. The highest BCUT2D eigenvalue weighted by Crippen LogP contribution is 2.07. The zero-order chi connectivity index (χ0) is 18.1. The lowest BCUT2D eigenvalue weighted by molar-refractivity contribution is -0.143. The van der Waals surface area contributed by atoms with Crippen LogP contribution in [0.1, 0.15) is 46.1 Å². The minimum atomic E-state index is -0.670. The van der Waals surface area contributed by atoms with E-state index < -0.39 is 6.04 Å². The summed E-state index contributed by atoms with van der Waals surface area (Å²) in [5.41, 5.74) is 9.82. The van der Waals surface area contributed by atoms with E-state index in [9.17, 15) is 9.59 Å². The number of hydrogen-bond acceptors (Lipinski definition) is 3. The summed E-state index contributed by atoms with van der Waals surface area (Å²) in [7, 11) is 0. The average Bonchev–Trinajstić information content (AvgIpc) is 2.52. The lowest BCUT2D eigenvalue weighted by Gasteiger charge is -2.28. The molecule has 0 aliphatic carbocycles. The molecule has 0 aliphatic rings. The van der Waals surface area contributed by atoms with Crippen molar-refractivity contribution in [1.29, 1.82) is 0 Å². The van der Waals surface area contributed by atoms with Crippen molar-refractivity contribution in [2.75, 3.05) is 6.54 Å². The van der Waals surface area contributed by atoms with Crippen LogP contribution in [0.15, 0.2) is 30.3 Å². The van der Waals surface area contributed by atoms with Crippen LogP contribution in [0.25, 0.3) is 0 Å². The van der Waals surface area contributed by atoms with Crippen molar-refractivity contribution < 1.29 is 9.59 Å². The predicted octanol–water partition coefficient (Wildman–Crippen LogP) is 2.51. The molecular formula is C19H31N3O2. The van der Waals surface area contributed by atoms with Crippen molar-refractivity contribution in [2.45, 2.75) is 53.0 Å². The number of carbonyl (C=O) groups is 2. The highest BCUT2D eigenvalue weighted by molar-refractivity contribution is 5.85. The van der Waals surface area contributed by atoms with E-state index in [1.54, 1.807) is 0 Å². The smallest absolute Gasteiger partial charge is 0.258 e. The molecule has 0 aromatic heterocycles. The SMILES string of the molecule is CC(C)CCC(=O)NN(CC(C)C)C(=O)[C@H](N)Cc1ccccc1. The molecule has 0 bridgehead atoms.